The van der Waals surface area contributed by atoms with E-state index in [1.54, 1.807) is 0 Å². The molecule has 1 aromatic rings. The van der Waals surface area contributed by atoms with Crippen LogP contribution in [0.5, 0.6) is 0 Å². The second kappa shape index (κ2) is 4.21. The monoisotopic (exact) mass is 217 g/mol. The van der Waals surface area contributed by atoms with Crippen LogP contribution in [-0.2, 0) is 6.18 Å². The van der Waals surface area contributed by atoms with Gasteiger partial charge in [-0.05, 0) is 23.5 Å². The SMILES string of the molecule is CC(C)[C@@H](C)c1ccc(C(F)(F)F)nc1. The summed E-state index contributed by atoms with van der Waals surface area (Å²) in [5, 5.41) is 0. The maximum atomic E-state index is 12.2. The van der Waals surface area contributed by atoms with Crippen molar-refractivity contribution in [1.82, 2.24) is 4.98 Å². The molecule has 0 fully saturated rings. The van der Waals surface area contributed by atoms with E-state index in [9.17, 15) is 13.2 Å². The highest BCUT2D eigenvalue weighted by Crippen LogP contribution is 2.29. The topological polar surface area (TPSA) is 12.9 Å². The smallest absolute Gasteiger partial charge is 0.251 e. The number of nitrogens with zero attached hydrogens (tertiary/aromatic N) is 1. The normalized spacial score (nSPS) is 14.3. The number of aromatic nitrogens is 1. The van der Waals surface area contributed by atoms with Crippen molar-refractivity contribution in [2.75, 3.05) is 0 Å². The molecule has 15 heavy (non-hydrogen) atoms. The van der Waals surface area contributed by atoms with Gasteiger partial charge >= 0.3 is 6.18 Å². The fourth-order valence-corrected chi connectivity index (χ4v) is 1.23. The molecule has 0 N–H and O–H groups in total. The number of halogens is 3. The summed E-state index contributed by atoms with van der Waals surface area (Å²) >= 11 is 0. The van der Waals surface area contributed by atoms with E-state index < -0.39 is 11.9 Å². The molecule has 0 unspecified atom stereocenters. The first kappa shape index (κ1) is 12.0. The lowest BCUT2D eigenvalue weighted by Crippen LogP contribution is -2.09. The Kier molecular flexibility index (Phi) is 3.37. The van der Waals surface area contributed by atoms with E-state index in [4.69, 9.17) is 0 Å². The number of hydrogen-bond acceptors (Lipinski definition) is 1. The van der Waals surface area contributed by atoms with E-state index >= 15 is 0 Å². The number of alkyl halides is 3. The van der Waals surface area contributed by atoms with Gasteiger partial charge in [0.1, 0.15) is 5.69 Å². The first-order valence-corrected chi connectivity index (χ1v) is 4.85. The van der Waals surface area contributed by atoms with Gasteiger partial charge in [-0.15, -0.1) is 0 Å². The van der Waals surface area contributed by atoms with Gasteiger partial charge in [0.25, 0.3) is 0 Å². The lowest BCUT2D eigenvalue weighted by atomic mass is 9.91. The van der Waals surface area contributed by atoms with Crippen molar-refractivity contribution in [3.8, 4) is 0 Å². The lowest BCUT2D eigenvalue weighted by Gasteiger charge is -2.16. The van der Waals surface area contributed by atoms with Crippen molar-refractivity contribution in [2.45, 2.75) is 32.9 Å². The van der Waals surface area contributed by atoms with Crippen LogP contribution in [0, 0.1) is 5.92 Å². The van der Waals surface area contributed by atoms with Gasteiger partial charge < -0.3 is 0 Å². The van der Waals surface area contributed by atoms with Gasteiger partial charge in [-0.3, -0.25) is 4.98 Å². The molecule has 0 aromatic carbocycles. The molecule has 0 saturated heterocycles. The molecule has 1 rings (SSSR count). The number of pyridine rings is 1. The van der Waals surface area contributed by atoms with Gasteiger partial charge in [0.2, 0.25) is 0 Å². The van der Waals surface area contributed by atoms with Crippen LogP contribution in [-0.4, -0.2) is 4.98 Å². The van der Waals surface area contributed by atoms with E-state index in [1.165, 1.54) is 12.3 Å². The van der Waals surface area contributed by atoms with E-state index in [2.05, 4.69) is 4.98 Å². The molecule has 84 valence electrons. The molecule has 0 bridgehead atoms. The third-order valence-corrected chi connectivity index (χ3v) is 2.60. The Morgan fingerprint density at radius 3 is 2.07 bits per heavy atom. The Labute approximate surface area is 87.3 Å². The minimum atomic E-state index is -4.35. The summed E-state index contributed by atoms with van der Waals surface area (Å²) in [5.41, 5.74) is 0.0141. The van der Waals surface area contributed by atoms with Gasteiger partial charge in [0.15, 0.2) is 0 Å². The predicted octanol–water partition coefficient (Wildman–Crippen LogP) is 3.86. The minimum absolute atomic E-state index is 0.222. The fraction of sp³-hybridized carbons (Fsp3) is 0.545. The van der Waals surface area contributed by atoms with E-state index in [0.29, 0.717) is 5.92 Å². The molecule has 0 aliphatic rings. The molecule has 0 aliphatic heterocycles. The predicted molar refractivity (Wildman–Crippen MR) is 52.5 cm³/mol. The average molecular weight is 217 g/mol. The van der Waals surface area contributed by atoms with Crippen molar-refractivity contribution in [3.63, 3.8) is 0 Å². The first-order chi connectivity index (χ1) is 6.82. The molecule has 0 spiro atoms. The van der Waals surface area contributed by atoms with Crippen LogP contribution in [0.25, 0.3) is 0 Å². The van der Waals surface area contributed by atoms with Crippen LogP contribution in [0.4, 0.5) is 13.2 Å². The van der Waals surface area contributed by atoms with Gasteiger partial charge in [-0.2, -0.15) is 13.2 Å². The molecule has 0 radical (unpaired) electrons. The Bertz CT molecular complexity index is 314. The maximum absolute atomic E-state index is 12.2. The molecule has 1 atom stereocenters. The largest absolute Gasteiger partial charge is 0.433 e. The van der Waals surface area contributed by atoms with Crippen LogP contribution in [0.2, 0.25) is 0 Å². The average Bonchev–Trinajstić information content (AvgIpc) is 2.15. The molecule has 1 nitrogen and oxygen atoms in total. The third kappa shape index (κ3) is 2.94. The summed E-state index contributed by atoms with van der Waals surface area (Å²) in [6.45, 7) is 6.04. The zero-order valence-corrected chi connectivity index (χ0v) is 8.97. The molecule has 1 heterocycles. The third-order valence-electron chi connectivity index (χ3n) is 2.60. The van der Waals surface area contributed by atoms with Crippen molar-refractivity contribution in [2.24, 2.45) is 5.92 Å². The van der Waals surface area contributed by atoms with Crippen molar-refractivity contribution < 1.29 is 13.2 Å². The molecular weight excluding hydrogens is 203 g/mol. The Morgan fingerprint density at radius 2 is 1.73 bits per heavy atom. The van der Waals surface area contributed by atoms with Gasteiger partial charge in [0, 0.05) is 6.20 Å². The molecule has 4 heteroatoms. The van der Waals surface area contributed by atoms with Gasteiger partial charge in [-0.1, -0.05) is 26.8 Å². The standard InChI is InChI=1S/C11H14F3N/c1-7(2)8(3)9-4-5-10(15-6-9)11(12,13)14/h4-8H,1-3H3/t8-/m1/s1. The molecular formula is C11H14F3N. The quantitative estimate of drug-likeness (QED) is 0.733. The molecule has 0 amide bonds. The maximum Gasteiger partial charge on any atom is 0.433 e. The summed E-state index contributed by atoms with van der Waals surface area (Å²) in [6.07, 6.45) is -3.03. The second-order valence-corrected chi connectivity index (χ2v) is 4.01. The van der Waals surface area contributed by atoms with Crippen molar-refractivity contribution in [3.05, 3.63) is 29.6 Å². The summed E-state index contributed by atoms with van der Waals surface area (Å²) in [5.74, 6) is 0.614. The highest BCUT2D eigenvalue weighted by Gasteiger charge is 2.32. The zero-order chi connectivity index (χ0) is 11.6. The molecule has 0 saturated carbocycles. The van der Waals surface area contributed by atoms with E-state index in [-0.39, 0.29) is 5.92 Å². The highest BCUT2D eigenvalue weighted by molar-refractivity contribution is 5.19. The van der Waals surface area contributed by atoms with Gasteiger partial charge in [-0.25, -0.2) is 0 Å². The van der Waals surface area contributed by atoms with E-state index in [1.807, 2.05) is 20.8 Å². The van der Waals surface area contributed by atoms with Gasteiger partial charge in [0.05, 0.1) is 0 Å². The van der Waals surface area contributed by atoms with Crippen molar-refractivity contribution >= 4 is 0 Å². The molecule has 0 aliphatic carbocycles. The van der Waals surface area contributed by atoms with Crippen LogP contribution >= 0.6 is 0 Å². The van der Waals surface area contributed by atoms with E-state index in [0.717, 1.165) is 11.6 Å². The second-order valence-electron chi connectivity index (χ2n) is 4.01. The zero-order valence-electron chi connectivity index (χ0n) is 8.97. The summed E-state index contributed by atoms with van der Waals surface area (Å²) in [7, 11) is 0. The van der Waals surface area contributed by atoms with Crippen LogP contribution < -0.4 is 0 Å². The minimum Gasteiger partial charge on any atom is -0.251 e. The summed E-state index contributed by atoms with van der Waals surface area (Å²) < 4.78 is 36.7. The number of rotatable bonds is 2. The first-order valence-electron chi connectivity index (χ1n) is 4.85. The fourth-order valence-electron chi connectivity index (χ4n) is 1.23. The Morgan fingerprint density at radius 1 is 1.13 bits per heavy atom. The Hall–Kier alpha value is -1.06. The van der Waals surface area contributed by atoms with Crippen LogP contribution in [0.15, 0.2) is 18.3 Å². The molecule has 1 aromatic heterocycles. The van der Waals surface area contributed by atoms with Crippen LogP contribution in [0.1, 0.15) is 37.9 Å². The number of hydrogen-bond donors (Lipinski definition) is 0. The van der Waals surface area contributed by atoms with Crippen LogP contribution in [0.3, 0.4) is 0 Å². The summed E-state index contributed by atoms with van der Waals surface area (Å²) in [4.78, 5) is 3.43. The lowest BCUT2D eigenvalue weighted by molar-refractivity contribution is -0.141. The highest BCUT2D eigenvalue weighted by atomic mass is 19.4. The Balaban J connectivity index is 2.91. The van der Waals surface area contributed by atoms with Crippen molar-refractivity contribution in [1.29, 1.82) is 0 Å². The summed E-state index contributed by atoms with van der Waals surface area (Å²) in [6, 6.07) is 2.54.